The predicted octanol–water partition coefficient (Wildman–Crippen LogP) is 1.95. The Labute approximate surface area is 45.0 Å². The van der Waals surface area contributed by atoms with Crippen molar-refractivity contribution in [3.05, 3.63) is 11.8 Å². The van der Waals surface area contributed by atoms with E-state index in [1.807, 2.05) is 13.0 Å². The van der Waals surface area contributed by atoms with Crippen molar-refractivity contribution in [1.82, 2.24) is 0 Å². The molecule has 0 N–H and O–H groups in total. The van der Waals surface area contributed by atoms with E-state index in [4.69, 9.17) is 4.74 Å². The molecule has 0 aromatic carbocycles. The normalized spacial score (nSPS) is 11.6. The summed E-state index contributed by atoms with van der Waals surface area (Å²) in [5.41, 5.74) is 0. The van der Waals surface area contributed by atoms with E-state index in [1.165, 1.54) is 0 Å². The maximum Gasteiger partial charge on any atom is 0.312 e. The maximum atomic E-state index is 4.85. The molecule has 0 rings (SSSR count). The lowest BCUT2D eigenvalue weighted by atomic mass is 10.4. The van der Waals surface area contributed by atoms with Crippen LogP contribution in [0, 0.1) is 0 Å². The van der Waals surface area contributed by atoms with Gasteiger partial charge in [-0.3, -0.25) is 4.74 Å². The van der Waals surface area contributed by atoms with Crippen LogP contribution in [0.2, 0.25) is 0 Å². The number of methoxy groups -OCH3 is 1. The molecule has 0 atom stereocenters. The summed E-state index contributed by atoms with van der Waals surface area (Å²) in [7, 11) is 1.68. The lowest BCUT2D eigenvalue weighted by molar-refractivity contribution is 0.292. The molecule has 0 aliphatic carbocycles. The van der Waals surface area contributed by atoms with Crippen LogP contribution in [0.5, 0.6) is 0 Å². The first-order valence-electron chi connectivity index (χ1n) is 2.52. The fourth-order valence-electron chi connectivity index (χ4n) is 0.371. The van der Waals surface area contributed by atoms with E-state index in [0.717, 1.165) is 12.2 Å². The fourth-order valence-corrected chi connectivity index (χ4v) is 0.371. The molecule has 0 aromatic heterocycles. The zero-order chi connectivity index (χ0) is 5.70. The first kappa shape index (κ1) is 6.54. The summed E-state index contributed by atoms with van der Waals surface area (Å²) < 4.78 is 4.85. The fraction of sp³-hybridized carbons (Fsp3) is 0.667. The summed E-state index contributed by atoms with van der Waals surface area (Å²) in [4.78, 5) is 0. The highest BCUT2D eigenvalue weighted by Gasteiger charge is 1.91. The average Bonchev–Trinajstić information content (AvgIpc) is 1.68. The van der Waals surface area contributed by atoms with Crippen LogP contribution in [0.3, 0.4) is 0 Å². The van der Waals surface area contributed by atoms with E-state index in [-0.39, 0.29) is 0 Å². The molecule has 0 unspecified atom stereocenters. The van der Waals surface area contributed by atoms with Crippen molar-refractivity contribution in [2.75, 3.05) is 7.11 Å². The Kier molecular flexibility index (Phi) is 3.48. The van der Waals surface area contributed by atoms with Crippen LogP contribution in [0.4, 0.5) is 0 Å². The highest BCUT2D eigenvalue weighted by molar-refractivity contribution is 4.85. The van der Waals surface area contributed by atoms with Gasteiger partial charge in [0.2, 0.25) is 0 Å². The molecular formula is C6H12O+. The molecule has 0 heterocycles. The van der Waals surface area contributed by atoms with Crippen LogP contribution in [-0.4, -0.2) is 7.11 Å². The van der Waals surface area contributed by atoms with E-state index >= 15 is 0 Å². The van der Waals surface area contributed by atoms with Gasteiger partial charge in [-0.15, -0.1) is 0 Å². The Bertz CT molecular complexity index is 64.6. The molecule has 1 nitrogen and oxygen atoms in total. The van der Waals surface area contributed by atoms with Crippen molar-refractivity contribution >= 4 is 0 Å². The molecule has 0 saturated heterocycles. The largest absolute Gasteiger partial charge is 0.312 e. The molecule has 0 spiro atoms. The topological polar surface area (TPSA) is 11.3 Å². The summed E-state index contributed by atoms with van der Waals surface area (Å²) in [6.07, 6.45) is 3.10. The summed E-state index contributed by atoms with van der Waals surface area (Å²) in [5.74, 6) is 1.00. The predicted molar refractivity (Wildman–Crippen MR) is 31.1 cm³/mol. The van der Waals surface area contributed by atoms with Gasteiger partial charge in [0.25, 0.3) is 7.11 Å². The number of ether oxygens (including phenoxy) is 1. The van der Waals surface area contributed by atoms with Crippen molar-refractivity contribution in [3.8, 4) is 0 Å². The minimum absolute atomic E-state index is 1.00. The second-order valence-corrected chi connectivity index (χ2v) is 1.43. The van der Waals surface area contributed by atoms with Crippen LogP contribution in [-0.2, 0) is 4.74 Å². The maximum absolute atomic E-state index is 4.85. The Morgan fingerprint density at radius 1 is 1.71 bits per heavy atom. The molecule has 7 heavy (non-hydrogen) atoms. The lowest BCUT2D eigenvalue weighted by Gasteiger charge is -1.77. The smallest absolute Gasteiger partial charge is 0.263 e. The van der Waals surface area contributed by atoms with Gasteiger partial charge in [-0.1, -0.05) is 6.92 Å². The van der Waals surface area contributed by atoms with E-state index in [2.05, 4.69) is 6.92 Å². The number of rotatable bonds is 2. The van der Waals surface area contributed by atoms with Gasteiger partial charge >= 0.3 is 5.76 Å². The van der Waals surface area contributed by atoms with Crippen LogP contribution in [0.1, 0.15) is 20.3 Å². The third kappa shape index (κ3) is 3.37. The Balaban J connectivity index is 3.29. The van der Waals surface area contributed by atoms with Gasteiger partial charge in [-0.2, -0.15) is 0 Å². The Morgan fingerprint density at radius 3 is 2.43 bits per heavy atom. The molecular weight excluding hydrogens is 88.1 g/mol. The highest BCUT2D eigenvalue weighted by atomic mass is 16.5. The summed E-state index contributed by atoms with van der Waals surface area (Å²) in [5, 5.41) is 0. The van der Waals surface area contributed by atoms with E-state index in [0.29, 0.717) is 0 Å². The molecule has 0 aliphatic rings. The third-order valence-electron chi connectivity index (χ3n) is 0.814. The highest BCUT2D eigenvalue weighted by Crippen LogP contribution is 1.92. The second-order valence-electron chi connectivity index (χ2n) is 1.43. The second kappa shape index (κ2) is 3.72. The zero-order valence-electron chi connectivity index (χ0n) is 5.19. The van der Waals surface area contributed by atoms with Crippen LogP contribution < -0.4 is 0 Å². The van der Waals surface area contributed by atoms with Crippen molar-refractivity contribution in [2.45, 2.75) is 20.3 Å². The van der Waals surface area contributed by atoms with Gasteiger partial charge in [-0.25, -0.2) is 0 Å². The van der Waals surface area contributed by atoms with Gasteiger partial charge in [-0.05, 0) is 6.42 Å². The number of allylic oxidation sites excluding steroid dienone is 2. The van der Waals surface area contributed by atoms with Gasteiger partial charge in [0.1, 0.15) is 0 Å². The molecule has 0 amide bonds. The summed E-state index contributed by atoms with van der Waals surface area (Å²) >= 11 is 0. The first-order chi connectivity index (χ1) is 3.31. The van der Waals surface area contributed by atoms with Crippen LogP contribution >= 0.6 is 0 Å². The SMILES string of the molecule is CCC=C(C)[O+]C. The zero-order valence-corrected chi connectivity index (χ0v) is 5.19. The molecule has 0 bridgehead atoms. The minimum atomic E-state index is 1.00. The Hall–Kier alpha value is -0.460. The first-order valence-corrected chi connectivity index (χ1v) is 2.52. The standard InChI is InChI=1S/C6H12O/c1-4-5-6(2)7-3/h5H,4H2,1-3H3/q+1. The van der Waals surface area contributed by atoms with E-state index < -0.39 is 0 Å². The van der Waals surface area contributed by atoms with Crippen LogP contribution in [0.15, 0.2) is 11.8 Å². The van der Waals surface area contributed by atoms with Crippen molar-refractivity contribution in [3.63, 3.8) is 0 Å². The molecule has 0 aliphatic heterocycles. The van der Waals surface area contributed by atoms with E-state index in [9.17, 15) is 0 Å². The van der Waals surface area contributed by atoms with Crippen LogP contribution in [0.25, 0.3) is 0 Å². The van der Waals surface area contributed by atoms with Crippen molar-refractivity contribution in [1.29, 1.82) is 0 Å². The summed E-state index contributed by atoms with van der Waals surface area (Å²) in [6, 6.07) is 0. The summed E-state index contributed by atoms with van der Waals surface area (Å²) in [6.45, 7) is 4.03. The molecule has 41 valence electrons. The van der Waals surface area contributed by atoms with Gasteiger partial charge < -0.3 is 0 Å². The molecule has 0 fully saturated rings. The third-order valence-corrected chi connectivity index (χ3v) is 0.814. The van der Waals surface area contributed by atoms with E-state index in [1.54, 1.807) is 7.11 Å². The van der Waals surface area contributed by atoms with Crippen molar-refractivity contribution in [2.24, 2.45) is 0 Å². The van der Waals surface area contributed by atoms with Gasteiger partial charge in [0.15, 0.2) is 0 Å². The van der Waals surface area contributed by atoms with Crippen molar-refractivity contribution < 1.29 is 4.74 Å². The lowest BCUT2D eigenvalue weighted by Crippen LogP contribution is -1.75. The molecule has 0 aromatic rings. The quantitative estimate of drug-likeness (QED) is 0.381. The molecule has 1 heteroatoms. The minimum Gasteiger partial charge on any atom is -0.263 e. The molecule has 0 saturated carbocycles. The number of hydrogen-bond acceptors (Lipinski definition) is 1. The Morgan fingerprint density at radius 2 is 2.29 bits per heavy atom. The van der Waals surface area contributed by atoms with Gasteiger partial charge in [0, 0.05) is 6.08 Å². The van der Waals surface area contributed by atoms with Gasteiger partial charge in [0.05, 0.1) is 6.92 Å². The average molecular weight is 100 g/mol. The molecule has 1 radical (unpaired) electrons. The monoisotopic (exact) mass is 100 g/mol. The number of hydrogen-bond donors (Lipinski definition) is 0.